The number of alkyl carbamates (subject to hydrolysis) is 1. The number of sulfonamides is 2. The van der Waals surface area contributed by atoms with Gasteiger partial charge < -0.3 is 15.0 Å². The summed E-state index contributed by atoms with van der Waals surface area (Å²) in [6.45, 7) is 13.3. The summed E-state index contributed by atoms with van der Waals surface area (Å²) in [5, 5.41) is 4.47. The van der Waals surface area contributed by atoms with Crippen LogP contribution in [-0.4, -0.2) is 53.1 Å². The summed E-state index contributed by atoms with van der Waals surface area (Å²) in [5.74, 6) is 0. The predicted molar refractivity (Wildman–Crippen MR) is 214 cm³/mol. The maximum atomic E-state index is 14.2. The number of aromatic nitrogens is 1. The molecule has 0 bridgehead atoms. The van der Waals surface area contributed by atoms with Crippen LogP contribution in [0.3, 0.4) is 0 Å². The molecule has 5 aromatic rings. The Morgan fingerprint density at radius 3 is 1.72 bits per heavy atom. The molecule has 0 saturated carbocycles. The Labute approximate surface area is 314 Å². The number of nitrogens with one attached hydrogen (secondary N) is 1. The molecule has 0 aliphatic rings. The molecule has 0 unspecified atom stereocenters. The second kappa shape index (κ2) is 16.6. The molecule has 0 atom stereocenters. The average Bonchev–Trinajstić information content (AvgIpc) is 3.09. The van der Waals surface area contributed by atoms with Crippen molar-refractivity contribution >= 4 is 59.3 Å². The van der Waals surface area contributed by atoms with Crippen LogP contribution in [0, 0.1) is 13.8 Å². The molecule has 53 heavy (non-hydrogen) atoms. The van der Waals surface area contributed by atoms with Gasteiger partial charge in [-0.3, -0.25) is 0 Å². The molecule has 282 valence electrons. The highest BCUT2D eigenvalue weighted by atomic mass is 32.3. The van der Waals surface area contributed by atoms with Gasteiger partial charge in [-0.05, 0) is 102 Å². The van der Waals surface area contributed by atoms with E-state index in [2.05, 4.69) is 23.2 Å². The maximum Gasteiger partial charge on any atom is 0.407 e. The molecular formula is C41H50N4O6S2. The van der Waals surface area contributed by atoms with E-state index in [4.69, 9.17) is 9.72 Å². The van der Waals surface area contributed by atoms with Gasteiger partial charge in [0.15, 0.2) is 0 Å². The fraction of sp³-hybridized carbons (Fsp3) is 0.366. The van der Waals surface area contributed by atoms with E-state index in [-0.39, 0.29) is 15.5 Å². The topological polar surface area (TPSA) is 126 Å². The number of carbonyl (C=O) groups is 1. The van der Waals surface area contributed by atoms with Gasteiger partial charge in [0, 0.05) is 36.1 Å². The summed E-state index contributed by atoms with van der Waals surface area (Å²) in [4.78, 5) is 19.1. The number of nitrogens with zero attached hydrogens (tertiary/aromatic N) is 3. The van der Waals surface area contributed by atoms with Crippen LogP contribution in [0.5, 0.6) is 0 Å². The quantitative estimate of drug-likeness (QED) is 0.0829. The maximum absolute atomic E-state index is 14.2. The number of anilines is 2. The van der Waals surface area contributed by atoms with E-state index in [1.54, 1.807) is 30.3 Å². The van der Waals surface area contributed by atoms with Crippen LogP contribution in [0.4, 0.5) is 16.2 Å². The Morgan fingerprint density at radius 1 is 0.679 bits per heavy atom. The van der Waals surface area contributed by atoms with Crippen LogP contribution in [0.15, 0.2) is 101 Å². The number of benzene rings is 4. The van der Waals surface area contributed by atoms with Crippen molar-refractivity contribution in [2.24, 2.45) is 0 Å². The molecule has 0 radical (unpaired) electrons. The van der Waals surface area contributed by atoms with Crippen LogP contribution < -0.4 is 13.9 Å². The van der Waals surface area contributed by atoms with Crippen molar-refractivity contribution in [2.45, 2.75) is 89.0 Å². The van der Waals surface area contributed by atoms with Gasteiger partial charge in [-0.15, -0.1) is 0 Å². The number of carbonyl (C=O) groups excluding carboxylic acids is 1. The van der Waals surface area contributed by atoms with Gasteiger partial charge in [0.05, 0.1) is 26.5 Å². The first-order chi connectivity index (χ1) is 25.1. The summed E-state index contributed by atoms with van der Waals surface area (Å²) < 4.78 is 62.8. The number of unbranched alkanes of at least 4 members (excludes halogenated alkanes) is 3. The van der Waals surface area contributed by atoms with Crippen LogP contribution in [0.2, 0.25) is 0 Å². The minimum Gasteiger partial charge on any atom is -0.444 e. The van der Waals surface area contributed by atoms with Crippen LogP contribution >= 0.6 is 0 Å². The third kappa shape index (κ3) is 9.85. The van der Waals surface area contributed by atoms with Gasteiger partial charge in [0.25, 0.3) is 20.0 Å². The van der Waals surface area contributed by atoms with Crippen molar-refractivity contribution in [2.75, 3.05) is 28.2 Å². The van der Waals surface area contributed by atoms with Crippen molar-refractivity contribution < 1.29 is 26.4 Å². The first-order valence-corrected chi connectivity index (χ1v) is 21.0. The van der Waals surface area contributed by atoms with E-state index in [1.165, 1.54) is 36.4 Å². The SMILES string of the molecule is CCCCCCN(CCCNC(=O)OC(C)(C)C)c1ccc2cc3ccc(N(S(=O)(=O)c4ccc(C)cc4)S(=O)(=O)c4ccc(C)cc4)cc3nc2c1. The standard InChI is InChI=1S/C41H50N4O6S2/c1-7-8-9-10-25-44(26-11-24-42-40(46)51-41(4,5)6)34-18-16-32-27-33-17-19-35(29-39(33)43-38(32)28-34)45(52(47,48)36-20-12-30(2)13-21-36)53(49,50)37-22-14-31(3)15-23-37/h12-23,27-29H,7-11,24-26H2,1-6H3,(H,42,46). The number of ether oxygens (including phenoxy) is 1. The van der Waals surface area contributed by atoms with Gasteiger partial charge in [-0.1, -0.05) is 73.7 Å². The Kier molecular flexibility index (Phi) is 12.3. The molecule has 5 rings (SSSR count). The van der Waals surface area contributed by atoms with E-state index >= 15 is 0 Å². The van der Waals surface area contributed by atoms with Crippen molar-refractivity contribution in [3.05, 3.63) is 102 Å². The molecule has 12 heteroatoms. The van der Waals surface area contributed by atoms with Gasteiger partial charge >= 0.3 is 6.09 Å². The molecule has 4 aromatic carbocycles. The van der Waals surface area contributed by atoms with Gasteiger partial charge in [0.2, 0.25) is 0 Å². The summed E-state index contributed by atoms with van der Waals surface area (Å²) >= 11 is 0. The Hall–Kier alpha value is -4.68. The summed E-state index contributed by atoms with van der Waals surface area (Å²) in [6, 6.07) is 25.0. The fourth-order valence-electron chi connectivity index (χ4n) is 6.00. The second-order valence-corrected chi connectivity index (χ2v) is 18.2. The molecule has 10 nitrogen and oxygen atoms in total. The number of hydrogen-bond donors (Lipinski definition) is 1. The number of fused-ring (bicyclic) bond motifs is 2. The zero-order chi connectivity index (χ0) is 38.4. The number of aryl methyl sites for hydroxylation is 2. The first-order valence-electron chi connectivity index (χ1n) is 18.1. The predicted octanol–water partition coefficient (Wildman–Crippen LogP) is 8.89. The normalized spacial score (nSPS) is 12.2. The molecule has 1 amide bonds. The Bertz CT molecular complexity index is 2190. The van der Waals surface area contributed by atoms with Gasteiger partial charge in [-0.25, -0.2) is 26.6 Å². The lowest BCUT2D eigenvalue weighted by Crippen LogP contribution is -2.37. The van der Waals surface area contributed by atoms with Crippen molar-refractivity contribution in [3.63, 3.8) is 0 Å². The lowest BCUT2D eigenvalue weighted by Gasteiger charge is -2.26. The van der Waals surface area contributed by atoms with Crippen LogP contribution in [0.1, 0.15) is 70.9 Å². The van der Waals surface area contributed by atoms with E-state index in [9.17, 15) is 21.6 Å². The number of amides is 1. The van der Waals surface area contributed by atoms with Crippen molar-refractivity contribution in [3.8, 4) is 0 Å². The highest BCUT2D eigenvalue weighted by Gasteiger charge is 2.37. The van der Waals surface area contributed by atoms with Crippen LogP contribution in [0.25, 0.3) is 21.8 Å². The Morgan fingerprint density at radius 2 is 1.19 bits per heavy atom. The monoisotopic (exact) mass is 758 g/mol. The summed E-state index contributed by atoms with van der Waals surface area (Å²) in [6.07, 6.45) is 4.67. The van der Waals surface area contributed by atoms with E-state index in [0.717, 1.165) is 59.8 Å². The average molecular weight is 759 g/mol. The van der Waals surface area contributed by atoms with Crippen molar-refractivity contribution in [1.82, 2.24) is 10.3 Å². The zero-order valence-electron chi connectivity index (χ0n) is 31.4. The van der Waals surface area contributed by atoms with E-state index < -0.39 is 31.7 Å². The minimum absolute atomic E-state index is 0.0447. The van der Waals surface area contributed by atoms with Crippen LogP contribution in [-0.2, 0) is 24.8 Å². The molecule has 0 saturated heterocycles. The largest absolute Gasteiger partial charge is 0.444 e. The third-order valence-corrected chi connectivity index (χ3v) is 13.0. The fourth-order valence-corrected chi connectivity index (χ4v) is 9.68. The van der Waals surface area contributed by atoms with Crippen molar-refractivity contribution in [1.29, 1.82) is 0 Å². The smallest absolute Gasteiger partial charge is 0.407 e. The van der Waals surface area contributed by atoms with E-state index in [0.29, 0.717) is 34.3 Å². The number of pyridine rings is 1. The first kappa shape index (κ1) is 39.5. The highest BCUT2D eigenvalue weighted by Crippen LogP contribution is 2.34. The molecule has 0 fully saturated rings. The molecule has 0 spiro atoms. The molecule has 0 aliphatic heterocycles. The number of hydrogen-bond acceptors (Lipinski definition) is 8. The Balaban J connectivity index is 1.51. The third-order valence-electron chi connectivity index (χ3n) is 8.78. The van der Waals surface area contributed by atoms with E-state index in [1.807, 2.05) is 52.8 Å². The second-order valence-electron chi connectivity index (χ2n) is 14.4. The zero-order valence-corrected chi connectivity index (χ0v) is 33.1. The highest BCUT2D eigenvalue weighted by molar-refractivity contribution is 8.10. The number of rotatable bonds is 15. The molecule has 0 aliphatic carbocycles. The summed E-state index contributed by atoms with van der Waals surface area (Å²) in [7, 11) is -9.16. The molecule has 1 N–H and O–H groups in total. The molecule has 1 aromatic heterocycles. The van der Waals surface area contributed by atoms with Gasteiger partial charge in [-0.2, -0.15) is 3.71 Å². The molecule has 1 heterocycles. The molecular weight excluding hydrogens is 709 g/mol. The lowest BCUT2D eigenvalue weighted by atomic mass is 10.1. The minimum atomic E-state index is -4.58. The lowest BCUT2D eigenvalue weighted by molar-refractivity contribution is 0.0527. The summed E-state index contributed by atoms with van der Waals surface area (Å²) in [5.41, 5.74) is 3.18. The van der Waals surface area contributed by atoms with Gasteiger partial charge in [0.1, 0.15) is 5.60 Å².